The van der Waals surface area contributed by atoms with Gasteiger partial charge in [0.2, 0.25) is 40.7 Å². The molecule has 0 aromatic rings. The molecule has 19 rings (SSSR count). The second-order valence-electron chi connectivity index (χ2n) is 32.4. The number of nitrogens with zero attached hydrogens (tertiary/aromatic N) is 6. The van der Waals surface area contributed by atoms with Crippen molar-refractivity contribution in [2.45, 2.75) is 239 Å². The monoisotopic (exact) mass is 1580 g/mol. The predicted octanol–water partition coefficient (Wildman–Crippen LogP) is 17.3. The van der Waals surface area contributed by atoms with Crippen molar-refractivity contribution in [3.8, 4) is 0 Å². The van der Waals surface area contributed by atoms with Crippen molar-refractivity contribution in [3.05, 3.63) is 98.3 Å². The van der Waals surface area contributed by atoms with E-state index in [-0.39, 0.29) is 103 Å². The maximum absolute atomic E-state index is 13.5. The molecule has 0 radical (unpaired) electrons. The van der Waals surface area contributed by atoms with E-state index in [2.05, 4.69) is 107 Å². The maximum atomic E-state index is 13.5. The number of fused-ring (bicyclic) bond motifs is 9. The van der Waals surface area contributed by atoms with E-state index in [1.807, 2.05) is 34.1 Å². The van der Waals surface area contributed by atoms with Crippen LogP contribution in [0.3, 0.4) is 0 Å². The number of allylic oxidation sites excluding steroid dienone is 3. The predicted molar refractivity (Wildman–Crippen MR) is 425 cm³/mol. The molecular formula is C82H130Cl5N7O9Ti. The Kier molecular flexibility index (Phi) is 32.6. The zero-order valence-electron chi connectivity index (χ0n) is 60.4. The molecule has 1 N–H and O–H groups in total. The third kappa shape index (κ3) is 18.2. The Morgan fingerprint density at radius 3 is 1.38 bits per heavy atom. The van der Waals surface area contributed by atoms with Crippen LogP contribution in [0.2, 0.25) is 0 Å². The SMILES string of the molecule is C.C.C.C.C.C=C1CC2C=CC1N(C(C)=O)C2.C=CC(=O)Cl.C=CC(=O)N1CCC23CCC(C[C@@H]12)C3(C)C.CC(=O)N1C=CC=CC1.CC(=O)N1CC2C=CC1C(C(=O)N1CCC34CCC(C[C@@H]13)C4(C)C)C2.CC1(C)C2CCC13CCN[C@@H]3C2.COC(=O)C1CC2C=CC1N(C(C)=O)C2.[Cl][Ti]([Cl])([Cl])[Cl]. The zero-order chi connectivity index (χ0) is 72.7. The van der Waals surface area contributed by atoms with Crippen molar-refractivity contribution >= 4 is 95.5 Å². The van der Waals surface area contributed by atoms with Gasteiger partial charge in [-0.2, -0.15) is 0 Å². The molecule has 17 atom stereocenters. The normalized spacial score (nSPS) is 34.9. The molecule has 104 heavy (non-hydrogen) atoms. The summed E-state index contributed by atoms with van der Waals surface area (Å²) in [4.78, 5) is 103. The third-order valence-corrected chi connectivity index (χ3v) is 27.8. The number of amides is 6. The molecule has 16 nitrogen and oxygen atoms in total. The number of methoxy groups -OCH3 is 1. The van der Waals surface area contributed by atoms with Gasteiger partial charge >= 0.3 is 55.5 Å². The van der Waals surface area contributed by atoms with Gasteiger partial charge in [0.15, 0.2) is 0 Å². The first-order valence-electron chi connectivity index (χ1n) is 36.2. The van der Waals surface area contributed by atoms with Gasteiger partial charge < -0.3 is 39.5 Å². The van der Waals surface area contributed by atoms with Crippen molar-refractivity contribution < 1.29 is 55.4 Å². The number of rotatable bonds is 4. The van der Waals surface area contributed by atoms with Gasteiger partial charge in [0.1, 0.15) is 0 Å². The summed E-state index contributed by atoms with van der Waals surface area (Å²) in [6, 6.07) is 1.91. The topological polar surface area (TPSA) is 177 Å². The fraction of sp³-hybridized carbons (Fsp3) is 0.707. The van der Waals surface area contributed by atoms with Crippen LogP contribution in [0.25, 0.3) is 0 Å². The summed E-state index contributed by atoms with van der Waals surface area (Å²) in [7, 11) is 21.5. The zero-order valence-corrected chi connectivity index (χ0v) is 65.8. The van der Waals surface area contributed by atoms with Crippen molar-refractivity contribution in [2.75, 3.05) is 52.9 Å². The Balaban J connectivity index is 0.000000261. The van der Waals surface area contributed by atoms with Crippen LogP contribution in [0.5, 0.6) is 0 Å². The summed E-state index contributed by atoms with van der Waals surface area (Å²) in [5.41, 5.74) is 4.13. The average molecular weight is 1580 g/mol. The number of ether oxygens (including phenoxy) is 1. The molecular weight excluding hydrogens is 1450 g/mol. The van der Waals surface area contributed by atoms with Crippen LogP contribution in [-0.4, -0.2) is 165 Å². The molecule has 0 aromatic carbocycles. The number of likely N-dealkylation sites (tertiary alicyclic amines) is 2. The van der Waals surface area contributed by atoms with E-state index in [0.717, 1.165) is 81.9 Å². The standard InChI is InChI=1S/C21H30N2O2.C14H21NO.C11H15NO3.C11H19N.C10H13NO.C7H9NO.C3H3ClO.5CH4.4ClH.Ti/c1-13(24)23-12-14-4-5-17(23)16(10-14)19(25)22-9-8-21-7-6-15(11-18(21)22)20(21,2)3;1-4-12(16)15-8-7-14-6-5-10(9-11(14)15)13(14,2)3;1-7(13)12-6-8-3-4-10(12)9(5-8)11(14)15-2;1-10(2)8-3-4-11(10)5-6-12-9(11)7-8;1-7-5-9-3-4-10(7)11(6-9)8(2)12;1-7(9)8-5-3-2-4-6-8;1-2-3(4)5;;;;;;;;;;/h4-5,14-18H,6-12H2,1-3H3;4,10-11H,1,5-9H2,2-3H3;3-4,8-10H,5-6H2,1-2H3;8-9,12H,3-7H2,1-2H3;3-4,9-10H,1,5-6H2,2H3;2-5H,6H2,1H3;2H,1H2;5*1H4;4*1H;/q;;;;;;;;;;;;;;;;+4/p-4/t14?,15?,16?,17?,18-,21?;10?,11-,14?;;8?,9-,11?;;;;;;;;;;;;;/m11.1............./s1. The van der Waals surface area contributed by atoms with E-state index in [1.165, 1.54) is 102 Å². The van der Waals surface area contributed by atoms with E-state index >= 15 is 0 Å². The molecule has 12 fully saturated rings. The van der Waals surface area contributed by atoms with Crippen molar-refractivity contribution in [3.63, 3.8) is 0 Å². The van der Waals surface area contributed by atoms with E-state index in [0.29, 0.717) is 74.8 Å². The molecule has 19 aliphatic rings. The second kappa shape index (κ2) is 36.7. The van der Waals surface area contributed by atoms with Gasteiger partial charge in [-0.05, 0) is 201 Å². The summed E-state index contributed by atoms with van der Waals surface area (Å²) < 4.78 is 4.76. The molecule has 586 valence electrons. The van der Waals surface area contributed by atoms with Gasteiger partial charge in [-0.3, -0.25) is 38.4 Å². The average Bonchev–Trinajstić information content (AvgIpc) is 1.55. The molecule has 12 bridgehead atoms. The van der Waals surface area contributed by atoms with E-state index in [1.54, 1.807) is 43.7 Å². The first-order chi connectivity index (χ1) is 46.4. The molecule has 3 spiro atoms. The van der Waals surface area contributed by atoms with Gasteiger partial charge in [0.25, 0.3) is 0 Å². The number of hydrogen-bond acceptors (Lipinski definition) is 10. The summed E-state index contributed by atoms with van der Waals surface area (Å²) >= 11 is 1.59. The Labute approximate surface area is 650 Å². The number of hydrogen-bond donors (Lipinski definition) is 1. The van der Waals surface area contributed by atoms with E-state index < -0.39 is 17.6 Å². The van der Waals surface area contributed by atoms with Crippen LogP contribution < -0.4 is 5.32 Å². The Bertz CT molecular complexity index is 3280. The Morgan fingerprint density at radius 2 is 0.990 bits per heavy atom. The van der Waals surface area contributed by atoms with E-state index in [9.17, 15) is 38.4 Å². The molecule has 9 aliphatic carbocycles. The molecule has 6 saturated carbocycles. The van der Waals surface area contributed by atoms with Crippen LogP contribution in [0.15, 0.2) is 98.3 Å². The van der Waals surface area contributed by atoms with Gasteiger partial charge in [-0.1, -0.05) is 153 Å². The first-order valence-corrected chi connectivity index (χ1v) is 45.2. The molecule has 0 aromatic heterocycles. The Morgan fingerprint density at radius 1 is 0.548 bits per heavy atom. The first kappa shape index (κ1) is 92.4. The van der Waals surface area contributed by atoms with Gasteiger partial charge in [0, 0.05) is 91.3 Å². The number of nitrogens with one attached hydrogen (secondary N) is 1. The van der Waals surface area contributed by atoms with Crippen LogP contribution >= 0.6 is 48.8 Å². The van der Waals surface area contributed by atoms with Crippen LogP contribution in [0, 0.1) is 79.8 Å². The van der Waals surface area contributed by atoms with Crippen molar-refractivity contribution in [1.29, 1.82) is 0 Å². The fourth-order valence-electron chi connectivity index (χ4n) is 22.0. The van der Waals surface area contributed by atoms with E-state index in [4.69, 9.17) is 53.6 Å². The summed E-state index contributed by atoms with van der Waals surface area (Å²) in [5.74, 6) is 4.28. The van der Waals surface area contributed by atoms with Gasteiger partial charge in [-0.25, -0.2) is 0 Å². The molecule has 14 unspecified atom stereocenters. The Hall–Kier alpha value is -4.00. The number of carbonyl (C=O) groups excluding carboxylic acids is 8. The minimum atomic E-state index is -3.11. The second-order valence-corrected chi connectivity index (χ2v) is 48.3. The molecule has 6 amide bonds. The van der Waals surface area contributed by atoms with Gasteiger partial charge in [0.05, 0.1) is 37.1 Å². The number of piperidine rings is 3. The molecule has 22 heteroatoms. The van der Waals surface area contributed by atoms with Gasteiger partial charge in [-0.15, -0.1) is 0 Å². The molecule has 10 aliphatic heterocycles. The quantitative estimate of drug-likeness (QED) is 0.0937. The van der Waals surface area contributed by atoms with Crippen LogP contribution in [0.1, 0.15) is 203 Å². The fourth-order valence-corrected chi connectivity index (χ4v) is 22.0. The summed E-state index contributed by atoms with van der Waals surface area (Å²) in [5, 5.41) is 3.19. The molecule has 6 saturated heterocycles. The number of halogens is 5. The summed E-state index contributed by atoms with van der Waals surface area (Å²) in [6.45, 7) is 38.1. The van der Waals surface area contributed by atoms with Crippen molar-refractivity contribution in [2.24, 2.45) is 79.8 Å². The number of carbonyl (C=O) groups is 8. The third-order valence-electron chi connectivity index (χ3n) is 27.6. The minimum absolute atomic E-state index is 0. The van der Waals surface area contributed by atoms with Crippen LogP contribution in [-0.2, 0) is 55.4 Å². The molecule has 10 heterocycles. The van der Waals surface area contributed by atoms with Crippen LogP contribution in [0.4, 0.5) is 0 Å². The van der Waals surface area contributed by atoms with Crippen molar-refractivity contribution in [1.82, 2.24) is 34.7 Å². The number of esters is 1. The summed E-state index contributed by atoms with van der Waals surface area (Å²) in [6.07, 6.45) is 41.6.